The highest BCUT2D eigenvalue weighted by Gasteiger charge is 2.27. The van der Waals surface area contributed by atoms with Crippen molar-refractivity contribution < 1.29 is 15.0 Å². The number of carbonyl (C=O) groups excluding carboxylic acids is 1. The number of carbonyl (C=O) groups is 1. The third kappa shape index (κ3) is 3.00. The lowest BCUT2D eigenvalue weighted by atomic mass is 9.79. The summed E-state index contributed by atoms with van der Waals surface area (Å²) in [6.07, 6.45) is 2.99. The van der Waals surface area contributed by atoms with Gasteiger partial charge in [0.15, 0.2) is 0 Å². The lowest BCUT2D eigenvalue weighted by Gasteiger charge is -2.32. The second-order valence-corrected chi connectivity index (χ2v) is 5.61. The summed E-state index contributed by atoms with van der Waals surface area (Å²) in [7, 11) is 0. The maximum absolute atomic E-state index is 12.1. The zero-order chi connectivity index (χ0) is 14.0. The SMILES string of the molecule is CC1CCC(NC(=O)c2c(O)cccc2O)CC1C. The molecule has 0 aliphatic heterocycles. The molecule has 1 aromatic carbocycles. The summed E-state index contributed by atoms with van der Waals surface area (Å²) >= 11 is 0. The summed E-state index contributed by atoms with van der Waals surface area (Å²) in [6.45, 7) is 4.43. The predicted molar refractivity (Wildman–Crippen MR) is 73.2 cm³/mol. The minimum absolute atomic E-state index is 0.0335. The van der Waals surface area contributed by atoms with Crippen LogP contribution in [0.25, 0.3) is 0 Å². The molecule has 0 bridgehead atoms. The maximum Gasteiger partial charge on any atom is 0.259 e. The van der Waals surface area contributed by atoms with Crippen LogP contribution in [0.3, 0.4) is 0 Å². The number of benzene rings is 1. The Bertz CT molecular complexity index is 452. The normalized spacial score (nSPS) is 26.9. The number of rotatable bonds is 2. The van der Waals surface area contributed by atoms with Gasteiger partial charge in [0.25, 0.3) is 5.91 Å². The van der Waals surface area contributed by atoms with E-state index in [0.29, 0.717) is 11.8 Å². The van der Waals surface area contributed by atoms with Crippen LogP contribution in [0, 0.1) is 11.8 Å². The number of aromatic hydroxyl groups is 2. The van der Waals surface area contributed by atoms with Gasteiger partial charge in [-0.15, -0.1) is 0 Å². The smallest absolute Gasteiger partial charge is 0.259 e. The molecule has 1 aliphatic carbocycles. The summed E-state index contributed by atoms with van der Waals surface area (Å²) in [4.78, 5) is 12.1. The summed E-state index contributed by atoms with van der Waals surface area (Å²) < 4.78 is 0. The van der Waals surface area contributed by atoms with Crippen LogP contribution in [0.4, 0.5) is 0 Å². The van der Waals surface area contributed by atoms with E-state index in [0.717, 1.165) is 19.3 Å². The molecule has 1 fully saturated rings. The van der Waals surface area contributed by atoms with E-state index in [1.807, 2.05) is 0 Å². The molecule has 0 aromatic heterocycles. The second kappa shape index (κ2) is 5.51. The van der Waals surface area contributed by atoms with Crippen LogP contribution >= 0.6 is 0 Å². The Balaban J connectivity index is 2.06. The number of phenolic OH excluding ortho intramolecular Hbond substituents is 2. The fourth-order valence-electron chi connectivity index (χ4n) is 2.70. The van der Waals surface area contributed by atoms with E-state index in [1.165, 1.54) is 18.2 Å². The van der Waals surface area contributed by atoms with E-state index >= 15 is 0 Å². The van der Waals surface area contributed by atoms with E-state index in [9.17, 15) is 15.0 Å². The second-order valence-electron chi connectivity index (χ2n) is 5.61. The van der Waals surface area contributed by atoms with Crippen molar-refractivity contribution >= 4 is 5.91 Å². The fraction of sp³-hybridized carbons (Fsp3) is 0.533. The highest BCUT2D eigenvalue weighted by molar-refractivity contribution is 5.99. The van der Waals surface area contributed by atoms with Crippen molar-refractivity contribution in [2.75, 3.05) is 0 Å². The standard InChI is InChI=1S/C15H21NO3/c1-9-6-7-11(8-10(9)2)16-15(19)14-12(17)4-3-5-13(14)18/h3-5,9-11,17-18H,6-8H2,1-2H3,(H,16,19). The van der Waals surface area contributed by atoms with E-state index in [2.05, 4.69) is 19.2 Å². The average Bonchev–Trinajstić information content (AvgIpc) is 2.33. The largest absolute Gasteiger partial charge is 0.507 e. The van der Waals surface area contributed by atoms with Gasteiger partial charge < -0.3 is 15.5 Å². The molecule has 1 aliphatic rings. The Morgan fingerprint density at radius 1 is 1.16 bits per heavy atom. The number of phenols is 2. The first-order valence-electron chi connectivity index (χ1n) is 6.81. The van der Waals surface area contributed by atoms with Gasteiger partial charge in [-0.05, 0) is 43.2 Å². The van der Waals surface area contributed by atoms with E-state index in [-0.39, 0.29) is 23.1 Å². The van der Waals surface area contributed by atoms with Crippen LogP contribution in [0.2, 0.25) is 0 Å². The molecule has 0 radical (unpaired) electrons. The van der Waals surface area contributed by atoms with E-state index in [1.54, 1.807) is 0 Å². The quantitative estimate of drug-likeness (QED) is 0.768. The summed E-state index contributed by atoms with van der Waals surface area (Å²) in [6, 6.07) is 4.43. The Hall–Kier alpha value is -1.71. The topological polar surface area (TPSA) is 69.6 Å². The fourth-order valence-corrected chi connectivity index (χ4v) is 2.70. The molecule has 3 N–H and O–H groups in total. The third-order valence-electron chi connectivity index (χ3n) is 4.18. The lowest BCUT2D eigenvalue weighted by molar-refractivity contribution is 0.0905. The van der Waals surface area contributed by atoms with Gasteiger partial charge in [-0.25, -0.2) is 0 Å². The zero-order valence-electron chi connectivity index (χ0n) is 11.4. The highest BCUT2D eigenvalue weighted by atomic mass is 16.3. The number of hydrogen-bond acceptors (Lipinski definition) is 3. The number of amides is 1. The first-order valence-corrected chi connectivity index (χ1v) is 6.81. The van der Waals surface area contributed by atoms with Crippen LogP contribution in [0.5, 0.6) is 11.5 Å². The molecule has 19 heavy (non-hydrogen) atoms. The monoisotopic (exact) mass is 263 g/mol. The molecule has 0 heterocycles. The Kier molecular flexibility index (Phi) is 3.98. The maximum atomic E-state index is 12.1. The summed E-state index contributed by atoms with van der Waals surface area (Å²) in [5, 5.41) is 22.2. The summed E-state index contributed by atoms with van der Waals surface area (Å²) in [5.74, 6) is 0.496. The molecule has 4 nitrogen and oxygen atoms in total. The van der Waals surface area contributed by atoms with Gasteiger partial charge in [0, 0.05) is 6.04 Å². The molecule has 2 rings (SSSR count). The molecular weight excluding hydrogens is 242 g/mol. The van der Waals surface area contributed by atoms with E-state index in [4.69, 9.17) is 0 Å². The van der Waals surface area contributed by atoms with Crippen molar-refractivity contribution in [3.63, 3.8) is 0 Å². The van der Waals surface area contributed by atoms with Crippen molar-refractivity contribution in [2.45, 2.75) is 39.2 Å². The molecule has 0 spiro atoms. The van der Waals surface area contributed by atoms with Crippen molar-refractivity contribution in [3.8, 4) is 11.5 Å². The van der Waals surface area contributed by atoms with Crippen LogP contribution in [0.1, 0.15) is 43.5 Å². The third-order valence-corrected chi connectivity index (χ3v) is 4.18. The van der Waals surface area contributed by atoms with Crippen molar-refractivity contribution in [3.05, 3.63) is 23.8 Å². The first-order chi connectivity index (χ1) is 8.99. The molecule has 104 valence electrons. The summed E-state index contributed by atoms with van der Waals surface area (Å²) in [5.41, 5.74) is -0.0335. The van der Waals surface area contributed by atoms with Crippen molar-refractivity contribution in [1.82, 2.24) is 5.32 Å². The van der Waals surface area contributed by atoms with Gasteiger partial charge in [-0.1, -0.05) is 19.9 Å². The molecule has 4 heteroatoms. The number of nitrogens with one attached hydrogen (secondary N) is 1. The molecule has 1 aromatic rings. The van der Waals surface area contributed by atoms with Gasteiger partial charge in [-0.3, -0.25) is 4.79 Å². The van der Waals surface area contributed by atoms with Gasteiger partial charge in [0.05, 0.1) is 0 Å². The Morgan fingerprint density at radius 3 is 2.37 bits per heavy atom. The van der Waals surface area contributed by atoms with Crippen molar-refractivity contribution in [1.29, 1.82) is 0 Å². The van der Waals surface area contributed by atoms with Gasteiger partial charge in [0.1, 0.15) is 17.1 Å². The molecule has 0 saturated heterocycles. The molecule has 1 amide bonds. The minimum atomic E-state index is -0.401. The Labute approximate surface area is 113 Å². The molecule has 1 saturated carbocycles. The van der Waals surface area contributed by atoms with Gasteiger partial charge >= 0.3 is 0 Å². The molecule has 3 unspecified atom stereocenters. The van der Waals surface area contributed by atoms with Crippen LogP contribution in [0.15, 0.2) is 18.2 Å². The molecular formula is C15H21NO3. The van der Waals surface area contributed by atoms with Crippen LogP contribution in [-0.4, -0.2) is 22.2 Å². The first kappa shape index (κ1) is 13.7. The molecule has 3 atom stereocenters. The highest BCUT2D eigenvalue weighted by Crippen LogP contribution is 2.31. The number of hydrogen-bond donors (Lipinski definition) is 3. The predicted octanol–water partition coefficient (Wildman–Crippen LogP) is 2.65. The Morgan fingerprint density at radius 2 is 1.79 bits per heavy atom. The van der Waals surface area contributed by atoms with Gasteiger partial charge in [-0.2, -0.15) is 0 Å². The van der Waals surface area contributed by atoms with Gasteiger partial charge in [0.2, 0.25) is 0 Å². The average molecular weight is 263 g/mol. The van der Waals surface area contributed by atoms with Crippen LogP contribution < -0.4 is 5.32 Å². The van der Waals surface area contributed by atoms with E-state index < -0.39 is 5.91 Å². The van der Waals surface area contributed by atoms with Crippen molar-refractivity contribution in [2.24, 2.45) is 11.8 Å². The lowest BCUT2D eigenvalue weighted by Crippen LogP contribution is -2.39. The zero-order valence-corrected chi connectivity index (χ0v) is 11.4. The minimum Gasteiger partial charge on any atom is -0.507 e. The van der Waals surface area contributed by atoms with Crippen LogP contribution in [-0.2, 0) is 0 Å².